The normalized spacial score (nSPS) is 9.78. The summed E-state index contributed by atoms with van der Waals surface area (Å²) in [7, 11) is 0. The highest BCUT2D eigenvalue weighted by Gasteiger charge is 2.07. The fourth-order valence-electron chi connectivity index (χ4n) is 0.287. The van der Waals surface area contributed by atoms with E-state index in [1.807, 2.05) is 0 Å². The summed E-state index contributed by atoms with van der Waals surface area (Å²) in [5, 5.41) is 18.5. The van der Waals surface area contributed by atoms with Crippen LogP contribution < -0.4 is 11.1 Å². The molecule has 5 heteroatoms. The number of nitrogens with two attached hydrogens (primary N) is 1. The summed E-state index contributed by atoms with van der Waals surface area (Å²) in [6.45, 7) is 0.551. The number of hydrogen-bond donors (Lipinski definition) is 4. The lowest BCUT2D eigenvalue weighted by Crippen LogP contribution is -2.37. The van der Waals surface area contributed by atoms with Crippen LogP contribution in [0.4, 0.5) is 0 Å². The van der Waals surface area contributed by atoms with E-state index in [-0.39, 0.29) is 6.54 Å². The van der Waals surface area contributed by atoms with Gasteiger partial charge in [-0.3, -0.25) is 4.79 Å². The van der Waals surface area contributed by atoms with Gasteiger partial charge in [0.25, 0.3) is 5.91 Å². The van der Waals surface area contributed by atoms with Gasteiger partial charge in [0.15, 0.2) is 0 Å². The van der Waals surface area contributed by atoms with Crippen molar-refractivity contribution in [2.45, 2.75) is 6.29 Å². The molecule has 0 unspecified atom stereocenters. The Morgan fingerprint density at radius 2 is 2.22 bits per heavy atom. The first-order valence-electron chi connectivity index (χ1n) is 2.52. The van der Waals surface area contributed by atoms with Gasteiger partial charge in [0.05, 0.1) is 0 Å². The second kappa shape index (κ2) is 4.25. The van der Waals surface area contributed by atoms with Crippen molar-refractivity contribution in [3.05, 3.63) is 0 Å². The zero-order valence-electron chi connectivity index (χ0n) is 4.87. The van der Waals surface area contributed by atoms with E-state index in [2.05, 4.69) is 5.32 Å². The quantitative estimate of drug-likeness (QED) is 0.317. The summed E-state index contributed by atoms with van der Waals surface area (Å²) in [6.07, 6.45) is -1.93. The Bertz CT molecular complexity index is 93.8. The Balaban J connectivity index is 3.28. The molecule has 54 valence electrons. The molecule has 0 rings (SSSR count). The standard InChI is InChI=1S/C4H10N2O3/c5-1-2-6-3(7)4(8)9/h4,8-9H,1-2,5H2,(H,6,7). The molecule has 5 N–H and O–H groups in total. The Morgan fingerprint density at radius 1 is 1.67 bits per heavy atom. The highest BCUT2D eigenvalue weighted by Crippen LogP contribution is 1.71. The van der Waals surface area contributed by atoms with Gasteiger partial charge >= 0.3 is 0 Å². The average Bonchev–Trinajstić information content (AvgIpc) is 1.82. The number of carbonyl (C=O) groups is 1. The molecule has 0 heterocycles. The molecule has 0 aromatic heterocycles. The minimum atomic E-state index is -1.93. The van der Waals surface area contributed by atoms with Crippen LogP contribution in [0.25, 0.3) is 0 Å². The van der Waals surface area contributed by atoms with Gasteiger partial charge in [-0.1, -0.05) is 0 Å². The fraction of sp³-hybridized carbons (Fsp3) is 0.750. The zero-order valence-corrected chi connectivity index (χ0v) is 4.87. The molecular formula is C4H10N2O3. The van der Waals surface area contributed by atoms with Crippen molar-refractivity contribution in [3.8, 4) is 0 Å². The Morgan fingerprint density at radius 3 is 2.56 bits per heavy atom. The maximum absolute atomic E-state index is 10.2. The van der Waals surface area contributed by atoms with Crippen LogP contribution in [-0.4, -0.2) is 35.5 Å². The van der Waals surface area contributed by atoms with E-state index >= 15 is 0 Å². The van der Waals surface area contributed by atoms with Gasteiger partial charge in [0.1, 0.15) is 0 Å². The van der Waals surface area contributed by atoms with E-state index in [1.165, 1.54) is 0 Å². The van der Waals surface area contributed by atoms with Crippen LogP contribution in [0.2, 0.25) is 0 Å². The summed E-state index contributed by atoms with van der Waals surface area (Å²) in [5.74, 6) is -0.819. The van der Waals surface area contributed by atoms with Crippen LogP contribution in [0.3, 0.4) is 0 Å². The minimum Gasteiger partial charge on any atom is -0.361 e. The summed E-state index contributed by atoms with van der Waals surface area (Å²) in [6, 6.07) is 0. The van der Waals surface area contributed by atoms with Crippen molar-refractivity contribution < 1.29 is 15.0 Å². The Kier molecular flexibility index (Phi) is 3.94. The van der Waals surface area contributed by atoms with Crippen molar-refractivity contribution in [3.63, 3.8) is 0 Å². The van der Waals surface area contributed by atoms with Gasteiger partial charge in [-0.25, -0.2) is 0 Å². The molecule has 0 saturated carbocycles. The predicted molar refractivity (Wildman–Crippen MR) is 30.3 cm³/mol. The van der Waals surface area contributed by atoms with Crippen LogP contribution in [0.1, 0.15) is 0 Å². The molecule has 0 aromatic carbocycles. The first-order chi connectivity index (χ1) is 4.18. The lowest BCUT2D eigenvalue weighted by molar-refractivity contribution is -0.147. The largest absolute Gasteiger partial charge is 0.361 e. The summed E-state index contributed by atoms with van der Waals surface area (Å²) in [4.78, 5) is 10.2. The third kappa shape index (κ3) is 3.89. The van der Waals surface area contributed by atoms with Gasteiger partial charge in [-0.05, 0) is 0 Å². The lowest BCUT2D eigenvalue weighted by Gasteiger charge is -2.02. The maximum atomic E-state index is 10.2. The van der Waals surface area contributed by atoms with Crippen LogP contribution in [0, 0.1) is 0 Å². The summed E-state index contributed by atoms with van der Waals surface area (Å²) < 4.78 is 0. The third-order valence-corrected chi connectivity index (χ3v) is 0.678. The molecule has 0 bridgehead atoms. The molecule has 0 aliphatic rings. The van der Waals surface area contributed by atoms with E-state index in [0.717, 1.165) is 0 Å². The van der Waals surface area contributed by atoms with Crippen LogP contribution in [-0.2, 0) is 4.79 Å². The van der Waals surface area contributed by atoms with Crippen molar-refractivity contribution in [1.29, 1.82) is 0 Å². The van der Waals surface area contributed by atoms with Crippen LogP contribution in [0.15, 0.2) is 0 Å². The molecular weight excluding hydrogens is 124 g/mol. The average molecular weight is 134 g/mol. The molecule has 0 aromatic rings. The highest BCUT2D eigenvalue weighted by atomic mass is 16.5. The van der Waals surface area contributed by atoms with Gasteiger partial charge in [0, 0.05) is 13.1 Å². The van der Waals surface area contributed by atoms with Crippen LogP contribution in [0.5, 0.6) is 0 Å². The smallest absolute Gasteiger partial charge is 0.276 e. The van der Waals surface area contributed by atoms with Crippen molar-refractivity contribution in [2.24, 2.45) is 5.73 Å². The molecule has 1 amide bonds. The Hall–Kier alpha value is -0.650. The molecule has 0 spiro atoms. The zero-order chi connectivity index (χ0) is 7.28. The maximum Gasteiger partial charge on any atom is 0.276 e. The second-order valence-electron chi connectivity index (χ2n) is 1.45. The predicted octanol–water partition coefficient (Wildman–Crippen LogP) is -2.63. The van der Waals surface area contributed by atoms with Crippen molar-refractivity contribution in [1.82, 2.24) is 5.32 Å². The van der Waals surface area contributed by atoms with E-state index < -0.39 is 12.2 Å². The Labute approximate surface area is 52.5 Å². The molecule has 9 heavy (non-hydrogen) atoms. The van der Waals surface area contributed by atoms with Crippen LogP contribution >= 0.6 is 0 Å². The van der Waals surface area contributed by atoms with E-state index in [0.29, 0.717) is 6.54 Å². The summed E-state index contributed by atoms with van der Waals surface area (Å²) in [5.41, 5.74) is 5.00. The third-order valence-electron chi connectivity index (χ3n) is 0.678. The first kappa shape index (κ1) is 8.35. The second-order valence-corrected chi connectivity index (χ2v) is 1.45. The number of hydrogen-bond acceptors (Lipinski definition) is 4. The van der Waals surface area contributed by atoms with Gasteiger partial charge in [-0.2, -0.15) is 0 Å². The number of nitrogens with one attached hydrogen (secondary N) is 1. The monoisotopic (exact) mass is 134 g/mol. The molecule has 0 saturated heterocycles. The molecule has 0 aliphatic heterocycles. The van der Waals surface area contributed by atoms with Gasteiger partial charge in [-0.15, -0.1) is 0 Å². The van der Waals surface area contributed by atoms with E-state index in [9.17, 15) is 4.79 Å². The molecule has 0 fully saturated rings. The first-order valence-corrected chi connectivity index (χ1v) is 2.52. The molecule has 0 radical (unpaired) electrons. The van der Waals surface area contributed by atoms with Gasteiger partial charge < -0.3 is 21.3 Å². The minimum absolute atomic E-state index is 0.260. The van der Waals surface area contributed by atoms with Crippen molar-refractivity contribution in [2.75, 3.05) is 13.1 Å². The van der Waals surface area contributed by atoms with Gasteiger partial charge in [0.2, 0.25) is 6.29 Å². The number of amides is 1. The number of aliphatic hydroxyl groups is 2. The number of aliphatic hydroxyl groups excluding tert-OH is 1. The molecule has 0 atom stereocenters. The van der Waals surface area contributed by atoms with E-state index in [1.54, 1.807) is 0 Å². The SMILES string of the molecule is NCCNC(=O)C(O)O. The topological polar surface area (TPSA) is 95.6 Å². The lowest BCUT2D eigenvalue weighted by atomic mass is 10.5. The fourth-order valence-corrected chi connectivity index (χ4v) is 0.287. The number of rotatable bonds is 3. The van der Waals surface area contributed by atoms with E-state index in [4.69, 9.17) is 15.9 Å². The summed E-state index contributed by atoms with van der Waals surface area (Å²) >= 11 is 0. The number of carbonyl (C=O) groups excluding carboxylic acids is 1. The highest BCUT2D eigenvalue weighted by molar-refractivity contribution is 5.78. The molecule has 5 nitrogen and oxygen atoms in total. The van der Waals surface area contributed by atoms with Crippen molar-refractivity contribution >= 4 is 5.91 Å². The molecule has 0 aliphatic carbocycles.